The second kappa shape index (κ2) is 2.36. The van der Waals surface area contributed by atoms with Gasteiger partial charge in [0.05, 0.1) is 0 Å². The average Bonchev–Trinajstić information content (AvgIpc) is 1.72. The second-order valence-corrected chi connectivity index (χ2v) is 8.07. The van der Waals surface area contributed by atoms with Gasteiger partial charge in [0.1, 0.15) is 0 Å². The number of rotatable bonds is 0. The highest BCUT2D eigenvalue weighted by molar-refractivity contribution is 7.03. The summed E-state index contributed by atoms with van der Waals surface area (Å²) in [6.45, 7) is 0. The van der Waals surface area contributed by atoms with Crippen LogP contribution in [-0.4, -0.2) is 18.1 Å². The minimum atomic E-state index is 0.467. The van der Waals surface area contributed by atoms with Gasteiger partial charge in [-0.1, -0.05) is 12.1 Å². The maximum Gasteiger partial charge on any atom is 0.0327 e. The lowest BCUT2D eigenvalue weighted by atomic mass is 10.5. The monoisotopic (exact) mass is 114 g/mol. The summed E-state index contributed by atoms with van der Waals surface area (Å²) in [7, 11) is 1.03. The molecule has 0 saturated heterocycles. The van der Waals surface area contributed by atoms with Gasteiger partial charge in [-0.25, -0.2) is 0 Å². The first-order valence-electron chi connectivity index (χ1n) is 2.65. The minimum Gasteiger partial charge on any atom is -0.109 e. The van der Waals surface area contributed by atoms with Gasteiger partial charge in [-0.2, -0.15) is 0 Å². The number of hydrogen-bond acceptors (Lipinski definition) is 0. The van der Waals surface area contributed by atoms with Crippen LogP contribution in [0.1, 0.15) is 6.42 Å². The third-order valence-electron chi connectivity index (χ3n) is 1.16. The van der Waals surface area contributed by atoms with Crippen LogP contribution in [0.25, 0.3) is 0 Å². The van der Waals surface area contributed by atoms with Crippen molar-refractivity contribution in [1.29, 1.82) is 0 Å². The number of allylic oxidation sites excluding steroid dienone is 1. The van der Waals surface area contributed by atoms with Crippen LogP contribution in [-0.2, 0) is 0 Å². The molecule has 1 aliphatic heterocycles. The van der Waals surface area contributed by atoms with Crippen LogP contribution in [0.2, 0.25) is 6.04 Å². The van der Waals surface area contributed by atoms with Crippen LogP contribution in [0.5, 0.6) is 0 Å². The Balaban J connectivity index is 2.26. The summed E-state index contributed by atoms with van der Waals surface area (Å²) in [5.41, 5.74) is 2.47. The molecule has 1 rings (SSSR count). The largest absolute Gasteiger partial charge is 0.109 e. The van der Waals surface area contributed by atoms with E-state index in [4.69, 9.17) is 0 Å². The Morgan fingerprint density at radius 3 is 2.67 bits per heavy atom. The molecule has 0 aromatic rings. The predicted molar refractivity (Wildman–Crippen MR) is 35.7 cm³/mol. The molecule has 0 nitrogen and oxygen atoms in total. The first-order chi connectivity index (χ1) is 3.00. The highest BCUT2D eigenvalue weighted by Gasteiger charge is 1.89. The smallest absolute Gasteiger partial charge is 0.0327 e. The molecule has 0 aromatic carbocycles. The predicted octanol–water partition coefficient (Wildman–Crippen LogP) is -0.425. The fraction of sp³-hybridized carbons (Fsp3) is 0.500. The Morgan fingerprint density at radius 1 is 1.50 bits per heavy atom. The number of hydrogen-bond donors (Lipinski definition) is 0. The summed E-state index contributed by atoms with van der Waals surface area (Å²) < 4.78 is 0. The molecule has 2 heteroatoms. The standard InChI is InChI=1S/C4H10Si2/c1-2-4-6-5-3-1/h1,3H,2,4-6H2. The molecular weight excluding hydrogens is 104 g/mol. The van der Waals surface area contributed by atoms with E-state index in [1.165, 1.54) is 6.42 Å². The SMILES string of the molecule is C1=C[SiH2][SiH2]CC1. The fourth-order valence-electron chi connectivity index (χ4n) is 0.760. The quantitative estimate of drug-likeness (QED) is 0.375. The van der Waals surface area contributed by atoms with Crippen LogP contribution < -0.4 is 0 Å². The van der Waals surface area contributed by atoms with Crippen LogP contribution >= 0.6 is 0 Å². The first kappa shape index (κ1) is 4.34. The molecule has 0 bridgehead atoms. The van der Waals surface area contributed by atoms with E-state index in [1.807, 2.05) is 0 Å². The van der Waals surface area contributed by atoms with Crippen molar-refractivity contribution in [2.45, 2.75) is 12.5 Å². The first-order valence-corrected chi connectivity index (χ1v) is 8.47. The van der Waals surface area contributed by atoms with E-state index in [-0.39, 0.29) is 0 Å². The molecule has 0 N–H and O–H groups in total. The summed E-state index contributed by atoms with van der Waals surface area (Å²) >= 11 is 0. The van der Waals surface area contributed by atoms with E-state index in [0.29, 0.717) is 18.1 Å². The van der Waals surface area contributed by atoms with Gasteiger partial charge in [-0.3, -0.25) is 0 Å². The molecule has 0 atom stereocenters. The molecule has 1 aliphatic rings. The lowest BCUT2D eigenvalue weighted by Gasteiger charge is -1.95. The summed E-state index contributed by atoms with van der Waals surface area (Å²) in [5.74, 6) is 0. The molecule has 0 radical (unpaired) electrons. The third kappa shape index (κ3) is 1.10. The maximum absolute atomic E-state index is 2.47. The van der Waals surface area contributed by atoms with Crippen molar-refractivity contribution in [1.82, 2.24) is 0 Å². The van der Waals surface area contributed by atoms with E-state index < -0.39 is 0 Å². The molecule has 0 spiro atoms. The molecule has 6 heavy (non-hydrogen) atoms. The third-order valence-corrected chi connectivity index (χ3v) is 6.87. The maximum atomic E-state index is 2.47. The van der Waals surface area contributed by atoms with Crippen LogP contribution in [0.4, 0.5) is 0 Å². The van der Waals surface area contributed by atoms with Crippen molar-refractivity contribution < 1.29 is 0 Å². The van der Waals surface area contributed by atoms with E-state index in [2.05, 4.69) is 11.8 Å². The zero-order chi connectivity index (χ0) is 4.24. The van der Waals surface area contributed by atoms with Crippen molar-refractivity contribution in [3.63, 3.8) is 0 Å². The van der Waals surface area contributed by atoms with Crippen LogP contribution in [0.15, 0.2) is 11.8 Å². The van der Waals surface area contributed by atoms with Crippen molar-refractivity contribution in [3.05, 3.63) is 11.8 Å². The topological polar surface area (TPSA) is 0 Å². The molecule has 0 unspecified atom stereocenters. The molecule has 1 heterocycles. The van der Waals surface area contributed by atoms with E-state index in [9.17, 15) is 0 Å². The molecule has 0 fully saturated rings. The summed E-state index contributed by atoms with van der Waals surface area (Å²) in [4.78, 5) is 0. The van der Waals surface area contributed by atoms with Crippen molar-refractivity contribution in [2.75, 3.05) is 0 Å². The molecule has 0 amide bonds. The summed E-state index contributed by atoms with van der Waals surface area (Å²) in [5, 5.41) is 0. The summed E-state index contributed by atoms with van der Waals surface area (Å²) in [6, 6.07) is 1.61. The zero-order valence-electron chi connectivity index (χ0n) is 3.98. The average molecular weight is 114 g/mol. The van der Waals surface area contributed by atoms with Crippen LogP contribution in [0, 0.1) is 0 Å². The summed E-state index contributed by atoms with van der Waals surface area (Å²) in [6.07, 6.45) is 3.78. The van der Waals surface area contributed by atoms with Crippen LogP contribution in [0.3, 0.4) is 0 Å². The molecule has 34 valence electrons. The minimum absolute atomic E-state index is 0.467. The molecule has 0 saturated carbocycles. The van der Waals surface area contributed by atoms with Gasteiger partial charge in [0.15, 0.2) is 0 Å². The van der Waals surface area contributed by atoms with E-state index in [1.54, 1.807) is 6.04 Å². The lowest BCUT2D eigenvalue weighted by molar-refractivity contribution is 1.21. The van der Waals surface area contributed by atoms with E-state index in [0.717, 1.165) is 0 Å². The zero-order valence-corrected chi connectivity index (χ0v) is 6.81. The van der Waals surface area contributed by atoms with Gasteiger partial charge in [-0.15, -0.1) is 5.70 Å². The Bertz CT molecular complexity index is 50.6. The van der Waals surface area contributed by atoms with Gasteiger partial charge >= 0.3 is 0 Å². The normalized spacial score (nSPS) is 29.3. The van der Waals surface area contributed by atoms with Gasteiger partial charge in [-0.05, 0) is 6.42 Å². The van der Waals surface area contributed by atoms with Gasteiger partial charge < -0.3 is 0 Å². The van der Waals surface area contributed by atoms with Gasteiger partial charge in [0.25, 0.3) is 0 Å². The second-order valence-electron chi connectivity index (χ2n) is 1.76. The Morgan fingerprint density at radius 2 is 2.50 bits per heavy atom. The fourth-order valence-corrected chi connectivity index (χ4v) is 5.43. The van der Waals surface area contributed by atoms with Crippen molar-refractivity contribution in [3.8, 4) is 0 Å². The molecular formula is C4H10Si2. The Hall–Kier alpha value is 0.174. The lowest BCUT2D eigenvalue weighted by Crippen LogP contribution is -2.02. The van der Waals surface area contributed by atoms with Gasteiger partial charge in [0, 0.05) is 18.1 Å². The van der Waals surface area contributed by atoms with E-state index >= 15 is 0 Å². The highest BCUT2D eigenvalue weighted by Crippen LogP contribution is 1.93. The van der Waals surface area contributed by atoms with Gasteiger partial charge in [0.2, 0.25) is 0 Å². The molecule has 0 aliphatic carbocycles. The van der Waals surface area contributed by atoms with Crippen molar-refractivity contribution >= 4 is 18.1 Å². The Labute approximate surface area is 43.1 Å². The highest BCUT2D eigenvalue weighted by atomic mass is 29.1. The van der Waals surface area contributed by atoms with Crippen molar-refractivity contribution in [2.24, 2.45) is 0 Å². The molecule has 0 aromatic heterocycles. The Kier molecular flexibility index (Phi) is 1.71.